The predicted octanol–water partition coefficient (Wildman–Crippen LogP) is 19.0. The largest absolute Gasteiger partial charge is 0.310 e. The van der Waals surface area contributed by atoms with Gasteiger partial charge >= 0.3 is 0 Å². The van der Waals surface area contributed by atoms with Crippen LogP contribution in [0.1, 0.15) is 190 Å². The first-order valence-corrected chi connectivity index (χ1v) is 22.4. The molecule has 0 spiro atoms. The zero-order valence-corrected chi connectivity index (χ0v) is 36.9. The number of benzene rings is 9. The highest BCUT2D eigenvalue weighted by atomic mass is 15.1. The van der Waals surface area contributed by atoms with Crippen molar-refractivity contribution in [3.05, 3.63) is 244 Å². The summed E-state index contributed by atoms with van der Waals surface area (Å²) >= 11 is 0. The van der Waals surface area contributed by atoms with Gasteiger partial charge in [0, 0.05) is 48.5 Å². The molecule has 1 heteroatoms. The van der Waals surface area contributed by atoms with Crippen LogP contribution in [0.2, 0.25) is 0 Å². The molecular weight excluding hydrogens is 867 g/mol. The summed E-state index contributed by atoms with van der Waals surface area (Å²) in [5, 5.41) is -1.99. The molecule has 0 bridgehead atoms. The van der Waals surface area contributed by atoms with Crippen molar-refractivity contribution in [3.8, 4) is 33.4 Å². The van der Waals surface area contributed by atoms with E-state index in [0.29, 0.717) is 0 Å². The number of fused-ring (bicyclic) bond motifs is 10. The third kappa shape index (κ3) is 6.38. The van der Waals surface area contributed by atoms with E-state index in [2.05, 4.69) is 0 Å². The van der Waals surface area contributed by atoms with E-state index in [4.69, 9.17) is 26.0 Å². The van der Waals surface area contributed by atoms with Crippen LogP contribution in [0.25, 0.3) is 44.2 Å². The molecule has 9 aromatic rings. The molecule has 0 radical (unpaired) electrons. The van der Waals surface area contributed by atoms with Gasteiger partial charge in [-0.05, 0) is 186 Å². The summed E-state index contributed by atoms with van der Waals surface area (Å²) in [6.45, 7) is -16.4. The Morgan fingerprint density at radius 2 is 1.03 bits per heavy atom. The topological polar surface area (TPSA) is 3.24 Å². The fourth-order valence-electron chi connectivity index (χ4n) is 11.1. The van der Waals surface area contributed by atoms with Crippen molar-refractivity contribution in [1.29, 1.82) is 0 Å². The van der Waals surface area contributed by atoms with Crippen molar-refractivity contribution in [2.24, 2.45) is 29.1 Å². The summed E-state index contributed by atoms with van der Waals surface area (Å²) in [7, 11) is 0. The molecule has 354 valence electrons. The van der Waals surface area contributed by atoms with E-state index in [1.807, 2.05) is 0 Å². The highest BCUT2D eigenvalue weighted by Gasteiger charge is 2.56. The van der Waals surface area contributed by atoms with E-state index in [-0.39, 0.29) is 4.90 Å². The molecule has 0 aromatic heterocycles. The van der Waals surface area contributed by atoms with E-state index in [1.54, 1.807) is 0 Å². The molecular formula is C71H65N. The van der Waals surface area contributed by atoms with Gasteiger partial charge in [-0.3, -0.25) is 0 Å². The van der Waals surface area contributed by atoms with Gasteiger partial charge in [-0.2, -0.15) is 0 Å². The van der Waals surface area contributed by atoms with Gasteiger partial charge in [-0.25, -0.2) is 0 Å². The molecule has 0 saturated heterocycles. The quantitative estimate of drug-likeness (QED) is 0.154. The molecule has 0 aliphatic heterocycles. The maximum absolute atomic E-state index is 11.1. The second-order valence-corrected chi connectivity index (χ2v) is 17.7. The third-order valence-electron chi connectivity index (χ3n) is 14.2. The van der Waals surface area contributed by atoms with Crippen molar-refractivity contribution in [3.63, 3.8) is 0 Å². The van der Waals surface area contributed by atoms with E-state index >= 15 is 0 Å². The van der Waals surface area contributed by atoms with E-state index in [9.17, 15) is 46.6 Å². The van der Waals surface area contributed by atoms with Crippen LogP contribution in [0.3, 0.4) is 0 Å². The lowest BCUT2D eigenvalue weighted by Crippen LogP contribution is -2.30. The van der Waals surface area contributed by atoms with E-state index in [1.165, 1.54) is 0 Å². The number of nitrogens with zero attached hydrogens (tertiary/aromatic N) is 1. The minimum atomic E-state index is -4.32. The molecule has 5 aliphatic rings. The Morgan fingerprint density at radius 1 is 0.458 bits per heavy atom. The summed E-state index contributed by atoms with van der Waals surface area (Å²) in [6.07, 6.45) is -16.0. The van der Waals surface area contributed by atoms with Crippen LogP contribution in [0.4, 0.5) is 17.1 Å². The molecule has 3 saturated carbocycles. The number of hydrogen-bond acceptors (Lipinski definition) is 1. The van der Waals surface area contributed by atoms with Crippen LogP contribution in [-0.2, 0) is 10.8 Å². The van der Waals surface area contributed by atoms with Crippen LogP contribution in [0, 0.1) is 29.1 Å². The lowest BCUT2D eigenvalue weighted by Gasteiger charge is -2.40. The zero-order chi connectivity index (χ0) is 94.0. The molecule has 9 aromatic carbocycles. The summed E-state index contributed by atoms with van der Waals surface area (Å²) in [4.78, 5) is -0.0907. The number of rotatable bonds is 7. The molecule has 12 unspecified atom stereocenters. The van der Waals surface area contributed by atoms with Crippen LogP contribution < -0.4 is 4.90 Å². The van der Waals surface area contributed by atoms with Gasteiger partial charge in [0.25, 0.3) is 0 Å². The van der Waals surface area contributed by atoms with Crippen LogP contribution in [0.15, 0.2) is 205 Å². The summed E-state index contributed by atoms with van der Waals surface area (Å²) in [6, 6.07) is -49.4. The Kier molecular flexibility index (Phi) is 3.57. The van der Waals surface area contributed by atoms with Gasteiger partial charge in [0.2, 0.25) is 0 Å². The fourth-order valence-corrected chi connectivity index (χ4v) is 11.1. The summed E-state index contributed by atoms with van der Waals surface area (Å²) in [5.74, 6) is -11.2. The normalized spacial score (nSPS) is 40.9. The standard InChI is InChI=1S/C71H65N/c1-69(2)63-29-17-14-27-58(63)61-43-48(34-42-64(61)69)68-54-24-12-11-19-46(54)33-39-55(68)47-31-35-51(36-32-47)72(52-37-40-59-56-25-13-16-28-62(56)70(3,4)66(59)44-52)53-38-41-60-57-26-15-18-30-65(57)71(67(60)45-53,49-20-7-5-8-21-49)50-22-9-6-10-23-50/h5-13,15-16,18-26,28,30-33,35-41,44-45,48,58,61,63-64H,14,17,27,29,34,42-43H2,1-4H3/i1D3,2D3,3D3,4D3,5D,6D,7D,8D,9D,10D,11D,12D,13D,14D,15D,16D,17D,18D,19D,20D,21D,22D,23D,24D,25D,26D,27D,28D,29D,30D,31D,32D,33D,34D,35D,36D,37D,38D,39D,40D,41D,42D,43D,44D,45D. The smallest absolute Gasteiger partial charge is 0.0714 e. The Morgan fingerprint density at radius 3 is 1.75 bits per heavy atom. The number of hydrogen-bond donors (Lipinski definition) is 0. The third-order valence-corrected chi connectivity index (χ3v) is 14.2. The SMILES string of the molecule is [2H]c1c([2H])c([2H])c(C2(c3c([2H])c([2H])c([2H])c([2H])c3[2H])c3c([2H])c([2H])c([2H])c([2H])c3-c3c([2H])c([2H])c(N(c4c([2H])c([2H])c(-c5c([2H])c([2H])c6c([2H])c([2H])c([2H])c([2H])c6c5C5C([2H])C([2H])C6C(C5[2H])C5C([2H])C([2H])C([2H])C([2H])C5C6(C([2H])([2H])[2H])C([2H])([2H])[2H])c([2H])c4[2H])c4c([2H])c([2H])c5c(c4[2H])C(C([2H])([2H])[2H])(C([2H])([2H])[2H])c4c([2H])c([2H])c([2H])c([2H])c4-5)c([2H])c32)c([2H])c1[2H]. The van der Waals surface area contributed by atoms with Gasteiger partial charge in [0.05, 0.1) is 52.0 Å². The first kappa shape index (κ1) is 15.5. The average molecular weight is 986 g/mol. The van der Waals surface area contributed by atoms with Crippen molar-refractivity contribution in [2.45, 2.75) is 88.9 Å². The second kappa shape index (κ2) is 16.5. The van der Waals surface area contributed by atoms with Crippen molar-refractivity contribution < 1.29 is 72.7 Å². The first-order chi connectivity index (χ1) is 57.3. The molecule has 5 aliphatic carbocycles. The van der Waals surface area contributed by atoms with Crippen LogP contribution in [0.5, 0.6) is 0 Å². The van der Waals surface area contributed by atoms with Gasteiger partial charge in [-0.1, -0.05) is 209 Å². The number of anilines is 3. The Bertz CT molecular complexity index is 6140. The maximum Gasteiger partial charge on any atom is 0.0714 e. The van der Waals surface area contributed by atoms with Crippen LogP contribution >= 0.6 is 0 Å². The molecule has 1 nitrogen and oxygen atoms in total. The summed E-state index contributed by atoms with van der Waals surface area (Å²) < 4.78 is 507. The molecule has 72 heavy (non-hydrogen) atoms. The van der Waals surface area contributed by atoms with Crippen LogP contribution in [-0.4, -0.2) is 0 Å². The average Bonchev–Trinajstić information content (AvgIpc) is 1.51. The molecule has 14 rings (SSSR count). The minimum Gasteiger partial charge on any atom is -0.310 e. The Balaban J connectivity index is 1.22. The Hall–Kier alpha value is -6.96. The monoisotopic (exact) mass is 985 g/mol. The molecule has 12 atom stereocenters. The van der Waals surface area contributed by atoms with E-state index < -0.39 is 424 Å². The zero-order valence-electron chi connectivity index (χ0n) is 89.9. The Labute approximate surface area is 502 Å². The lowest BCUT2D eigenvalue weighted by molar-refractivity contribution is 0.120. The second-order valence-electron chi connectivity index (χ2n) is 17.7. The summed E-state index contributed by atoms with van der Waals surface area (Å²) in [5.41, 5.74) is -33.5. The fraction of sp³-hybridized carbons (Fsp3) is 0.268. The minimum absolute atomic E-state index is 0.0907. The van der Waals surface area contributed by atoms with Gasteiger partial charge in [0.1, 0.15) is 0 Å². The van der Waals surface area contributed by atoms with E-state index in [0.717, 1.165) is 0 Å². The molecule has 0 N–H and O–H groups in total. The maximum atomic E-state index is 11.1. The van der Waals surface area contributed by atoms with Gasteiger partial charge < -0.3 is 4.90 Å². The van der Waals surface area contributed by atoms with Crippen molar-refractivity contribution in [1.82, 2.24) is 0 Å². The van der Waals surface area contributed by atoms with Gasteiger partial charge in [-0.15, -0.1) is 0 Å². The highest BCUT2D eigenvalue weighted by Crippen LogP contribution is 2.65. The first-order valence-electron chi connectivity index (χ1n) is 49.4. The highest BCUT2D eigenvalue weighted by molar-refractivity contribution is 5.94. The molecule has 0 amide bonds. The predicted molar refractivity (Wildman–Crippen MR) is 302 cm³/mol. The van der Waals surface area contributed by atoms with Gasteiger partial charge in [0.15, 0.2) is 0 Å². The molecule has 3 fully saturated rings. The van der Waals surface area contributed by atoms with Crippen molar-refractivity contribution >= 4 is 27.8 Å². The van der Waals surface area contributed by atoms with Crippen molar-refractivity contribution in [2.75, 3.05) is 4.90 Å². The molecule has 0 heterocycles. The lowest BCUT2D eigenvalue weighted by atomic mass is 9.65.